The molecule has 0 aliphatic carbocycles. The van der Waals surface area contributed by atoms with E-state index >= 15 is 0 Å². The van der Waals surface area contributed by atoms with Gasteiger partial charge in [0.15, 0.2) is 0 Å². The van der Waals surface area contributed by atoms with Crippen molar-refractivity contribution in [2.45, 2.75) is 6.18 Å². The molecule has 6 nitrogen and oxygen atoms in total. The number of alkyl halides is 3. The number of carbonyl (C=O) groups excluding carboxylic acids is 1. The molecule has 0 aliphatic heterocycles. The summed E-state index contributed by atoms with van der Waals surface area (Å²) in [6, 6.07) is 19.4. The largest absolute Gasteiger partial charge is 0.506 e. The molecule has 37 heavy (non-hydrogen) atoms. The summed E-state index contributed by atoms with van der Waals surface area (Å²) in [5.41, 5.74) is -1.38. The maximum absolute atomic E-state index is 13.9. The Morgan fingerprint density at radius 2 is 1.51 bits per heavy atom. The fourth-order valence-corrected chi connectivity index (χ4v) is 4.32. The molecule has 0 fully saturated rings. The average molecular weight is 530 g/mol. The van der Waals surface area contributed by atoms with E-state index in [2.05, 4.69) is 5.32 Å². The van der Waals surface area contributed by atoms with E-state index in [0.29, 0.717) is 9.87 Å². The minimum absolute atomic E-state index is 0.00727. The number of thiol groups is 1. The molecule has 11 heteroatoms. The van der Waals surface area contributed by atoms with Crippen LogP contribution in [0, 0.1) is 5.82 Å². The topological polar surface area (TPSA) is 86.7 Å². The Bertz CT molecular complexity index is 1510. The average Bonchev–Trinajstić information content (AvgIpc) is 2.86. The number of anilines is 3. The molecule has 0 bridgehead atoms. The zero-order valence-electron chi connectivity index (χ0n) is 18.7. The SMILES string of the molecule is O=C(Nc1ccc(O)c(N(c2ccc(F)cc2)[SH](=O)=O)c1)c1ccc(-c2ccccc2)cc1C(F)(F)F. The Hall–Kier alpha value is -4.38. The number of carbonyl (C=O) groups is 1. The molecule has 0 heterocycles. The molecule has 0 unspecified atom stereocenters. The number of halogens is 4. The van der Waals surface area contributed by atoms with Crippen molar-refractivity contribution in [3.05, 3.63) is 108 Å². The van der Waals surface area contributed by atoms with Crippen molar-refractivity contribution in [3.8, 4) is 16.9 Å². The van der Waals surface area contributed by atoms with Crippen molar-refractivity contribution in [3.63, 3.8) is 0 Å². The minimum atomic E-state index is -4.84. The first-order valence-corrected chi connectivity index (χ1v) is 11.8. The molecule has 2 N–H and O–H groups in total. The van der Waals surface area contributed by atoms with Gasteiger partial charge in [0, 0.05) is 5.69 Å². The van der Waals surface area contributed by atoms with Gasteiger partial charge in [-0.1, -0.05) is 36.4 Å². The second kappa shape index (κ2) is 10.3. The number of hydrogen-bond donors (Lipinski definition) is 3. The Morgan fingerprint density at radius 1 is 0.838 bits per heavy atom. The highest BCUT2D eigenvalue weighted by atomic mass is 32.2. The molecule has 4 rings (SSSR count). The van der Waals surface area contributed by atoms with Gasteiger partial charge in [0.05, 0.1) is 16.8 Å². The third-order valence-corrected chi connectivity index (χ3v) is 6.15. The molecule has 0 saturated heterocycles. The number of hydrogen-bond acceptors (Lipinski definition) is 4. The first kappa shape index (κ1) is 25.7. The molecule has 0 radical (unpaired) electrons. The lowest BCUT2D eigenvalue weighted by Crippen LogP contribution is -2.19. The van der Waals surface area contributed by atoms with Crippen LogP contribution in [-0.2, 0) is 17.1 Å². The van der Waals surface area contributed by atoms with E-state index in [1.165, 1.54) is 12.1 Å². The quantitative estimate of drug-likeness (QED) is 0.159. The molecule has 0 saturated carbocycles. The van der Waals surface area contributed by atoms with Crippen molar-refractivity contribution in [2.24, 2.45) is 0 Å². The van der Waals surface area contributed by atoms with Crippen molar-refractivity contribution in [2.75, 3.05) is 9.62 Å². The molecule has 0 spiro atoms. The highest BCUT2D eigenvalue weighted by Gasteiger charge is 2.35. The first-order chi connectivity index (χ1) is 17.5. The van der Waals surface area contributed by atoms with Crippen LogP contribution in [0.15, 0.2) is 91.0 Å². The number of phenolic OH excluding ortho intramolecular Hbond substituents is 1. The van der Waals surface area contributed by atoms with Crippen molar-refractivity contribution in [1.29, 1.82) is 0 Å². The van der Waals surface area contributed by atoms with E-state index in [-0.39, 0.29) is 22.6 Å². The van der Waals surface area contributed by atoms with Crippen LogP contribution in [0.1, 0.15) is 15.9 Å². The van der Waals surface area contributed by atoms with Gasteiger partial charge in [0.25, 0.3) is 5.91 Å². The summed E-state index contributed by atoms with van der Waals surface area (Å²) in [4.78, 5) is 12.9. The van der Waals surface area contributed by atoms with E-state index in [4.69, 9.17) is 0 Å². The lowest BCUT2D eigenvalue weighted by molar-refractivity contribution is -0.137. The van der Waals surface area contributed by atoms with E-state index in [1.807, 2.05) is 0 Å². The third-order valence-electron chi connectivity index (χ3n) is 5.37. The summed E-state index contributed by atoms with van der Waals surface area (Å²) in [6.45, 7) is 0. The van der Waals surface area contributed by atoms with Crippen LogP contribution in [-0.4, -0.2) is 19.4 Å². The maximum Gasteiger partial charge on any atom is 0.417 e. The molecular weight excluding hydrogens is 512 g/mol. The number of nitrogens with one attached hydrogen (secondary N) is 1. The van der Waals surface area contributed by atoms with Crippen molar-refractivity contribution in [1.82, 2.24) is 0 Å². The zero-order valence-corrected chi connectivity index (χ0v) is 19.6. The van der Waals surface area contributed by atoms with Crippen LogP contribution in [0.3, 0.4) is 0 Å². The second-order valence-electron chi connectivity index (χ2n) is 7.81. The minimum Gasteiger partial charge on any atom is -0.506 e. The summed E-state index contributed by atoms with van der Waals surface area (Å²) < 4.78 is 79.4. The Morgan fingerprint density at radius 3 is 2.14 bits per heavy atom. The smallest absolute Gasteiger partial charge is 0.417 e. The summed E-state index contributed by atoms with van der Waals surface area (Å²) >= 11 is 0. The first-order valence-electron chi connectivity index (χ1n) is 10.7. The predicted octanol–water partition coefficient (Wildman–Crippen LogP) is 6.13. The number of phenols is 1. The molecule has 4 aromatic rings. The Balaban J connectivity index is 1.69. The zero-order chi connectivity index (χ0) is 26.7. The van der Waals surface area contributed by atoms with Crippen molar-refractivity contribution < 1.29 is 35.9 Å². The molecule has 190 valence electrons. The maximum atomic E-state index is 13.9. The van der Waals surface area contributed by atoms with Crippen LogP contribution in [0.2, 0.25) is 0 Å². The summed E-state index contributed by atoms with van der Waals surface area (Å²) in [6.07, 6.45) is -4.84. The molecule has 4 aromatic carbocycles. The highest BCUT2D eigenvalue weighted by Crippen LogP contribution is 2.37. The van der Waals surface area contributed by atoms with Crippen molar-refractivity contribution >= 4 is 33.9 Å². The van der Waals surface area contributed by atoms with Crippen LogP contribution < -0.4 is 9.62 Å². The molecule has 1 amide bonds. The Labute approximate surface area is 210 Å². The van der Waals surface area contributed by atoms with Gasteiger partial charge in [-0.05, 0) is 65.7 Å². The predicted molar refractivity (Wildman–Crippen MR) is 132 cm³/mol. The van der Waals surface area contributed by atoms with Gasteiger partial charge in [0.1, 0.15) is 17.3 Å². The summed E-state index contributed by atoms with van der Waals surface area (Å²) in [5.74, 6) is -2.21. The fourth-order valence-electron chi connectivity index (χ4n) is 3.66. The molecule has 0 atom stereocenters. The fraction of sp³-hybridized carbons (Fsp3) is 0.0385. The van der Waals surface area contributed by atoms with Crippen LogP contribution in [0.5, 0.6) is 5.75 Å². The number of aromatic hydroxyl groups is 1. The molecule has 0 aromatic heterocycles. The van der Waals surface area contributed by atoms with Crippen LogP contribution in [0.4, 0.5) is 34.6 Å². The second-order valence-corrected chi connectivity index (χ2v) is 8.68. The van der Waals surface area contributed by atoms with E-state index in [9.17, 15) is 35.9 Å². The summed E-state index contributed by atoms with van der Waals surface area (Å²) in [5, 5.41) is 12.6. The van der Waals surface area contributed by atoms with Gasteiger partial charge in [-0.25, -0.2) is 17.1 Å². The van der Waals surface area contributed by atoms with Crippen LogP contribution in [0.25, 0.3) is 11.1 Å². The Kier molecular flexibility index (Phi) is 7.16. The van der Waals surface area contributed by atoms with Gasteiger partial charge >= 0.3 is 6.18 Å². The van der Waals surface area contributed by atoms with Gasteiger partial charge < -0.3 is 10.4 Å². The van der Waals surface area contributed by atoms with E-state index in [1.54, 1.807) is 30.3 Å². The normalized spacial score (nSPS) is 11.4. The lowest BCUT2D eigenvalue weighted by Gasteiger charge is -2.20. The highest BCUT2D eigenvalue weighted by molar-refractivity contribution is 7.74. The van der Waals surface area contributed by atoms with Gasteiger partial charge in [-0.15, -0.1) is 0 Å². The molecule has 0 aliphatic rings. The number of rotatable bonds is 6. The summed E-state index contributed by atoms with van der Waals surface area (Å²) in [7, 11) is -3.38. The number of nitrogens with zero attached hydrogens (tertiary/aromatic N) is 1. The van der Waals surface area contributed by atoms with E-state index in [0.717, 1.165) is 48.5 Å². The monoisotopic (exact) mass is 530 g/mol. The standard InChI is InChI=1S/C26H18F4N2O4S/c27-18-7-10-20(11-8-18)32(37(35)36)23-15-19(9-13-24(23)33)31-25(34)21-12-6-17(14-22(21)26(28,29)30)16-4-2-1-3-5-16/h1-15,33,37H,(H,31,34). The van der Waals surface area contributed by atoms with Gasteiger partial charge in [-0.3, -0.25) is 4.79 Å². The van der Waals surface area contributed by atoms with E-state index < -0.39 is 45.7 Å². The van der Waals surface area contributed by atoms with Gasteiger partial charge in [0.2, 0.25) is 10.9 Å². The number of benzene rings is 4. The van der Waals surface area contributed by atoms with Gasteiger partial charge in [-0.2, -0.15) is 13.2 Å². The third kappa shape index (κ3) is 5.72. The molecular formula is C26H18F4N2O4S. The van der Waals surface area contributed by atoms with Crippen LogP contribution >= 0.6 is 0 Å². The number of amides is 1. The lowest BCUT2D eigenvalue weighted by atomic mass is 9.98.